The molecule has 1 atom stereocenters. The Morgan fingerprint density at radius 1 is 0.397 bits per heavy atom. The molecule has 0 N–H and O–H groups in total. The zero-order valence-electron chi connectivity index (χ0n) is 34.4. The zero-order valence-corrected chi connectivity index (χ0v) is 34.4. The van der Waals surface area contributed by atoms with Crippen molar-refractivity contribution in [1.82, 2.24) is 0 Å². The van der Waals surface area contributed by atoms with Gasteiger partial charge in [-0.2, -0.15) is 0 Å². The maximum Gasteiger partial charge on any atom is 0.136 e. The van der Waals surface area contributed by atoms with Crippen LogP contribution < -0.4 is 4.90 Å². The SMILES string of the molecule is C1=CC2(C3=Cc4ccccc4C3=C1)C1=Cc3ccccc3C1=CC(c1ccccc1)=C2N(c1ccccc1-c1ccccc1)c1ccccc1-c1cccc2oc3ccccc3c12. The number of fused-ring (bicyclic) bond motifs is 11. The Labute approximate surface area is 366 Å². The number of anilines is 2. The first-order chi connectivity index (χ1) is 31.3. The molecule has 1 spiro atoms. The Balaban J connectivity index is 1.21. The van der Waals surface area contributed by atoms with E-state index in [1.165, 1.54) is 55.8 Å². The third-order valence-corrected chi connectivity index (χ3v) is 13.4. The van der Waals surface area contributed by atoms with Crippen molar-refractivity contribution in [2.75, 3.05) is 4.90 Å². The molecule has 0 aliphatic heterocycles. The fourth-order valence-electron chi connectivity index (χ4n) is 10.8. The first-order valence-corrected chi connectivity index (χ1v) is 21.8. The maximum atomic E-state index is 6.55. The molecule has 63 heavy (non-hydrogen) atoms. The van der Waals surface area contributed by atoms with Crippen LogP contribution in [0.2, 0.25) is 0 Å². The van der Waals surface area contributed by atoms with E-state index >= 15 is 0 Å². The largest absolute Gasteiger partial charge is 0.456 e. The Hall–Kier alpha value is -8.20. The summed E-state index contributed by atoms with van der Waals surface area (Å²) in [7, 11) is 0. The van der Waals surface area contributed by atoms with Gasteiger partial charge in [-0.25, -0.2) is 0 Å². The molecule has 1 heterocycles. The van der Waals surface area contributed by atoms with Crippen LogP contribution in [0.1, 0.15) is 27.8 Å². The van der Waals surface area contributed by atoms with Gasteiger partial charge in [0.15, 0.2) is 0 Å². The number of benzene rings is 8. The Morgan fingerprint density at radius 2 is 0.937 bits per heavy atom. The van der Waals surface area contributed by atoms with Crippen LogP contribution in [0.3, 0.4) is 0 Å². The third-order valence-electron chi connectivity index (χ3n) is 13.4. The number of hydrogen-bond acceptors (Lipinski definition) is 2. The lowest BCUT2D eigenvalue weighted by atomic mass is 9.61. The molecule has 294 valence electrons. The molecule has 4 aliphatic carbocycles. The minimum Gasteiger partial charge on any atom is -0.456 e. The van der Waals surface area contributed by atoms with Crippen molar-refractivity contribution in [3.05, 3.63) is 269 Å². The van der Waals surface area contributed by atoms with Crippen molar-refractivity contribution in [3.63, 3.8) is 0 Å². The molecule has 9 aromatic rings. The van der Waals surface area contributed by atoms with E-state index in [1.54, 1.807) is 0 Å². The van der Waals surface area contributed by atoms with E-state index in [0.29, 0.717) is 0 Å². The highest BCUT2D eigenvalue weighted by Gasteiger charge is 2.52. The fraction of sp³-hybridized carbons (Fsp3) is 0.0164. The molecular weight excluding hydrogens is 763 g/mol. The normalized spacial score (nSPS) is 16.9. The predicted octanol–water partition coefficient (Wildman–Crippen LogP) is 16.0. The fourth-order valence-corrected chi connectivity index (χ4v) is 10.8. The molecule has 8 aromatic carbocycles. The van der Waals surface area contributed by atoms with E-state index in [4.69, 9.17) is 4.42 Å². The average molecular weight is 802 g/mol. The van der Waals surface area contributed by atoms with Crippen LogP contribution >= 0.6 is 0 Å². The van der Waals surface area contributed by atoms with Crippen molar-refractivity contribution < 1.29 is 4.42 Å². The van der Waals surface area contributed by atoms with E-state index in [2.05, 4.69) is 242 Å². The van der Waals surface area contributed by atoms with Crippen LogP contribution in [0.5, 0.6) is 0 Å². The van der Waals surface area contributed by atoms with Crippen molar-refractivity contribution >= 4 is 62.2 Å². The topological polar surface area (TPSA) is 16.4 Å². The van der Waals surface area contributed by atoms with Crippen molar-refractivity contribution in [2.45, 2.75) is 0 Å². The highest BCUT2D eigenvalue weighted by molar-refractivity contribution is 6.15. The summed E-state index contributed by atoms with van der Waals surface area (Å²) in [6.45, 7) is 0. The molecule has 0 radical (unpaired) electrons. The van der Waals surface area contributed by atoms with Gasteiger partial charge in [0.05, 0.1) is 22.5 Å². The molecule has 1 unspecified atom stereocenters. The lowest BCUT2D eigenvalue weighted by Crippen LogP contribution is -2.38. The molecule has 0 saturated carbocycles. The summed E-state index contributed by atoms with van der Waals surface area (Å²) in [5.74, 6) is 0. The van der Waals surface area contributed by atoms with Crippen LogP contribution in [-0.4, -0.2) is 0 Å². The minimum atomic E-state index is -0.733. The van der Waals surface area contributed by atoms with Crippen LogP contribution in [0, 0.1) is 5.41 Å². The summed E-state index contributed by atoms with van der Waals surface area (Å²) in [5.41, 5.74) is 21.3. The number of para-hydroxylation sites is 3. The van der Waals surface area contributed by atoms with E-state index in [1.807, 2.05) is 0 Å². The van der Waals surface area contributed by atoms with Gasteiger partial charge in [-0.05, 0) is 104 Å². The van der Waals surface area contributed by atoms with Gasteiger partial charge in [0.25, 0.3) is 0 Å². The first kappa shape index (κ1) is 35.5. The molecular formula is C61H39NO. The number of nitrogens with zero attached hydrogens (tertiary/aromatic N) is 1. The summed E-state index contributed by atoms with van der Waals surface area (Å²) >= 11 is 0. The second-order valence-electron chi connectivity index (χ2n) is 16.7. The van der Waals surface area contributed by atoms with Gasteiger partial charge in [0.1, 0.15) is 11.2 Å². The van der Waals surface area contributed by atoms with Gasteiger partial charge in [0, 0.05) is 27.5 Å². The van der Waals surface area contributed by atoms with Crippen LogP contribution in [-0.2, 0) is 0 Å². The summed E-state index contributed by atoms with van der Waals surface area (Å²) in [6, 6.07) is 72.5. The summed E-state index contributed by atoms with van der Waals surface area (Å²) < 4.78 is 6.55. The molecule has 2 nitrogen and oxygen atoms in total. The van der Waals surface area contributed by atoms with Crippen LogP contribution in [0.25, 0.3) is 73.1 Å². The molecule has 0 amide bonds. The molecule has 2 heteroatoms. The smallest absolute Gasteiger partial charge is 0.136 e. The van der Waals surface area contributed by atoms with Crippen LogP contribution in [0.15, 0.2) is 246 Å². The molecule has 4 aliphatic rings. The minimum absolute atomic E-state index is 0.733. The quantitative estimate of drug-likeness (QED) is 0.167. The van der Waals surface area contributed by atoms with E-state index in [0.717, 1.165) is 61.1 Å². The second-order valence-corrected chi connectivity index (χ2v) is 16.7. The Morgan fingerprint density at radius 3 is 1.68 bits per heavy atom. The van der Waals surface area contributed by atoms with Crippen molar-refractivity contribution in [1.29, 1.82) is 0 Å². The summed E-state index contributed by atoms with van der Waals surface area (Å²) in [6.07, 6.45) is 14.5. The molecule has 0 fully saturated rings. The summed E-state index contributed by atoms with van der Waals surface area (Å²) in [4.78, 5) is 2.62. The molecule has 0 bridgehead atoms. The third kappa shape index (κ3) is 5.25. The molecule has 13 rings (SSSR count). The zero-order chi connectivity index (χ0) is 41.5. The molecule has 0 saturated heterocycles. The van der Waals surface area contributed by atoms with E-state index < -0.39 is 5.41 Å². The van der Waals surface area contributed by atoms with Crippen molar-refractivity contribution in [2.24, 2.45) is 5.41 Å². The lowest BCUT2D eigenvalue weighted by Gasteiger charge is -2.48. The monoisotopic (exact) mass is 801 g/mol. The standard InChI is InChI=1S/C61H39NO/c1-3-19-40(20-4-1)46-27-11-14-32-55(46)62(56-33-15-12-28-48(56)49-30-17-35-58-59(49)50-29-13-16-34-57(50)63-58)60-51(41-21-5-2-6-22-41)39-52-45-26-10-8-24-43(45)38-54(52)61(60)36-18-31-47-44-25-9-7-23-42(44)37-53(47)61/h1-39H. The van der Waals surface area contributed by atoms with E-state index in [9.17, 15) is 0 Å². The van der Waals surface area contributed by atoms with Crippen molar-refractivity contribution in [3.8, 4) is 22.3 Å². The summed E-state index contributed by atoms with van der Waals surface area (Å²) in [5, 5.41) is 2.22. The van der Waals surface area contributed by atoms with Gasteiger partial charge >= 0.3 is 0 Å². The van der Waals surface area contributed by atoms with Crippen LogP contribution in [0.4, 0.5) is 11.4 Å². The van der Waals surface area contributed by atoms with Gasteiger partial charge < -0.3 is 9.32 Å². The Bertz CT molecular complexity index is 3540. The van der Waals surface area contributed by atoms with E-state index in [-0.39, 0.29) is 0 Å². The molecule has 1 aromatic heterocycles. The number of furan rings is 1. The predicted molar refractivity (Wildman–Crippen MR) is 263 cm³/mol. The average Bonchev–Trinajstić information content (AvgIpc) is 4.06. The Kier molecular flexibility index (Phi) is 7.85. The number of allylic oxidation sites excluding steroid dienone is 7. The highest BCUT2D eigenvalue weighted by Crippen LogP contribution is 2.66. The van der Waals surface area contributed by atoms with Gasteiger partial charge in [-0.3, -0.25) is 0 Å². The maximum absolute atomic E-state index is 6.55. The highest BCUT2D eigenvalue weighted by atomic mass is 16.3. The second kappa shape index (κ2) is 13.9. The van der Waals surface area contributed by atoms with Gasteiger partial charge in [0.2, 0.25) is 0 Å². The number of hydrogen-bond donors (Lipinski definition) is 0. The lowest BCUT2D eigenvalue weighted by molar-refractivity contribution is 0.669. The van der Waals surface area contributed by atoms with Gasteiger partial charge in [-0.1, -0.05) is 194 Å². The number of rotatable bonds is 6. The van der Waals surface area contributed by atoms with Gasteiger partial charge in [-0.15, -0.1) is 0 Å². The first-order valence-electron chi connectivity index (χ1n) is 21.8.